The van der Waals surface area contributed by atoms with Gasteiger partial charge in [-0.15, -0.1) is 0 Å². The molecule has 0 amide bonds. The highest BCUT2D eigenvalue weighted by Gasteiger charge is 2.33. The van der Waals surface area contributed by atoms with Crippen LogP contribution in [0.3, 0.4) is 0 Å². The van der Waals surface area contributed by atoms with Crippen molar-refractivity contribution in [3.8, 4) is 0 Å². The van der Waals surface area contributed by atoms with Crippen molar-refractivity contribution in [2.75, 3.05) is 0 Å². The molecule has 0 atom stereocenters. The molecule has 1 N–H and O–H groups in total. The summed E-state index contributed by atoms with van der Waals surface area (Å²) in [5, 5.41) is 11.3. The first-order valence-corrected chi connectivity index (χ1v) is 6.70. The van der Waals surface area contributed by atoms with Crippen molar-refractivity contribution >= 4 is 17.4 Å². The zero-order valence-corrected chi connectivity index (χ0v) is 11.6. The lowest BCUT2D eigenvalue weighted by molar-refractivity contribution is -0.388. The van der Waals surface area contributed by atoms with Crippen LogP contribution < -0.4 is 0 Å². The van der Waals surface area contributed by atoms with Gasteiger partial charge < -0.3 is 4.98 Å². The number of aryl methyl sites for hydroxylation is 1. The second-order valence-corrected chi connectivity index (χ2v) is 5.14. The number of halogens is 3. The monoisotopic (exact) mass is 317 g/mol. The van der Waals surface area contributed by atoms with E-state index in [2.05, 4.69) is 9.97 Å². The van der Waals surface area contributed by atoms with Crippen molar-refractivity contribution in [1.29, 1.82) is 0 Å². The van der Waals surface area contributed by atoms with Gasteiger partial charge in [-0.05, 0) is 30.3 Å². The van der Waals surface area contributed by atoms with Crippen molar-refractivity contribution in [2.45, 2.75) is 29.6 Å². The fourth-order valence-electron chi connectivity index (χ4n) is 1.60. The topological polar surface area (TPSA) is 71.8 Å². The van der Waals surface area contributed by atoms with Gasteiger partial charge in [0.05, 0.1) is 15.4 Å². The summed E-state index contributed by atoms with van der Waals surface area (Å²) in [5.41, 5.74) is -0.802. The number of hydrogen-bond donors (Lipinski definition) is 1. The third-order valence-corrected chi connectivity index (χ3v) is 3.64. The van der Waals surface area contributed by atoms with E-state index in [-0.39, 0.29) is 4.90 Å². The molecule has 0 radical (unpaired) electrons. The minimum Gasteiger partial charge on any atom is -0.337 e. The minimum atomic E-state index is -4.62. The van der Waals surface area contributed by atoms with E-state index in [1.165, 1.54) is 0 Å². The fourth-order valence-corrected chi connectivity index (χ4v) is 2.47. The molecule has 2 aromatic rings. The molecule has 0 bridgehead atoms. The summed E-state index contributed by atoms with van der Waals surface area (Å²) in [6.45, 7) is 1.91. The SMILES string of the molecule is CCc1cnc(Sc2ccc(C(F)(F)F)cc2[N+](=O)[O-])[nH]1. The highest BCUT2D eigenvalue weighted by molar-refractivity contribution is 7.99. The summed E-state index contributed by atoms with van der Waals surface area (Å²) >= 11 is 0.922. The molecule has 0 fully saturated rings. The zero-order chi connectivity index (χ0) is 15.6. The number of imidazole rings is 1. The van der Waals surface area contributed by atoms with Gasteiger partial charge in [-0.3, -0.25) is 10.1 Å². The van der Waals surface area contributed by atoms with Crippen molar-refractivity contribution in [3.63, 3.8) is 0 Å². The summed E-state index contributed by atoms with van der Waals surface area (Å²) in [7, 11) is 0. The van der Waals surface area contributed by atoms with Gasteiger partial charge in [0.1, 0.15) is 0 Å². The predicted octanol–water partition coefficient (Wildman–Crippen LogP) is 4.05. The highest BCUT2D eigenvalue weighted by atomic mass is 32.2. The molecule has 21 heavy (non-hydrogen) atoms. The van der Waals surface area contributed by atoms with Gasteiger partial charge in [0.25, 0.3) is 5.69 Å². The molecular weight excluding hydrogens is 307 g/mol. The maximum Gasteiger partial charge on any atom is 0.416 e. The third-order valence-electron chi connectivity index (χ3n) is 2.68. The Labute approximate surface area is 121 Å². The minimum absolute atomic E-state index is 0.102. The van der Waals surface area contributed by atoms with Gasteiger partial charge in [0, 0.05) is 18.0 Å². The Morgan fingerprint density at radius 1 is 1.43 bits per heavy atom. The number of rotatable bonds is 4. The van der Waals surface area contributed by atoms with Crippen LogP contribution in [0.4, 0.5) is 18.9 Å². The first kappa shape index (κ1) is 15.4. The first-order chi connectivity index (χ1) is 9.81. The molecule has 0 saturated heterocycles. The van der Waals surface area contributed by atoms with Crippen LogP contribution in [0.5, 0.6) is 0 Å². The highest BCUT2D eigenvalue weighted by Crippen LogP contribution is 2.38. The van der Waals surface area contributed by atoms with Gasteiger partial charge in [0.2, 0.25) is 0 Å². The van der Waals surface area contributed by atoms with Crippen LogP contribution in [0.2, 0.25) is 0 Å². The lowest BCUT2D eigenvalue weighted by atomic mass is 10.2. The van der Waals surface area contributed by atoms with Crippen LogP contribution in [0.25, 0.3) is 0 Å². The number of alkyl halides is 3. The standard InChI is InChI=1S/C12H10F3N3O2S/c1-2-8-6-16-11(17-8)21-10-4-3-7(12(13,14)15)5-9(10)18(19)20/h3-6H,2H2,1H3,(H,16,17). The molecule has 0 saturated carbocycles. The Balaban J connectivity index is 2.36. The molecule has 5 nitrogen and oxygen atoms in total. The van der Waals surface area contributed by atoms with Crippen molar-refractivity contribution in [3.05, 3.63) is 45.8 Å². The maximum atomic E-state index is 12.6. The van der Waals surface area contributed by atoms with E-state index in [9.17, 15) is 23.3 Å². The van der Waals surface area contributed by atoms with Crippen molar-refractivity contribution in [1.82, 2.24) is 9.97 Å². The van der Waals surface area contributed by atoms with E-state index >= 15 is 0 Å². The molecule has 9 heteroatoms. The van der Waals surface area contributed by atoms with Crippen LogP contribution >= 0.6 is 11.8 Å². The zero-order valence-electron chi connectivity index (χ0n) is 10.8. The molecule has 1 aromatic heterocycles. The van der Waals surface area contributed by atoms with Crippen LogP contribution in [-0.2, 0) is 12.6 Å². The van der Waals surface area contributed by atoms with Crippen LogP contribution in [0.1, 0.15) is 18.2 Å². The average molecular weight is 317 g/mol. The summed E-state index contributed by atoms with van der Waals surface area (Å²) in [4.78, 5) is 17.2. The van der Waals surface area contributed by atoms with E-state index in [0.29, 0.717) is 17.6 Å². The van der Waals surface area contributed by atoms with E-state index in [0.717, 1.165) is 29.6 Å². The van der Waals surface area contributed by atoms with E-state index < -0.39 is 22.4 Å². The third kappa shape index (κ3) is 3.54. The maximum absolute atomic E-state index is 12.6. The van der Waals surface area contributed by atoms with Gasteiger partial charge in [-0.2, -0.15) is 13.2 Å². The normalized spacial score (nSPS) is 11.6. The van der Waals surface area contributed by atoms with Gasteiger partial charge >= 0.3 is 6.18 Å². The van der Waals surface area contributed by atoms with E-state index in [1.807, 2.05) is 6.92 Å². The van der Waals surface area contributed by atoms with Gasteiger partial charge in [0.15, 0.2) is 5.16 Å². The molecule has 2 rings (SSSR count). The second kappa shape index (κ2) is 5.76. The van der Waals surface area contributed by atoms with E-state index in [1.54, 1.807) is 6.20 Å². The molecule has 0 aliphatic rings. The first-order valence-electron chi connectivity index (χ1n) is 5.88. The lowest BCUT2D eigenvalue weighted by Gasteiger charge is -2.07. The van der Waals surface area contributed by atoms with Crippen LogP contribution in [0.15, 0.2) is 34.4 Å². The Hall–Kier alpha value is -2.03. The number of nitro benzene ring substituents is 1. The largest absolute Gasteiger partial charge is 0.416 e. The average Bonchev–Trinajstić information content (AvgIpc) is 2.85. The number of nitrogens with zero attached hydrogens (tertiary/aromatic N) is 2. The smallest absolute Gasteiger partial charge is 0.337 e. The second-order valence-electron chi connectivity index (χ2n) is 4.11. The number of H-pyrrole nitrogens is 1. The molecule has 0 spiro atoms. The predicted molar refractivity (Wildman–Crippen MR) is 70.2 cm³/mol. The molecule has 0 aliphatic carbocycles. The van der Waals surface area contributed by atoms with Gasteiger partial charge in [-0.1, -0.05) is 6.92 Å². The quantitative estimate of drug-likeness (QED) is 0.682. The summed E-state index contributed by atoms with van der Waals surface area (Å²) in [6.07, 6.45) is -2.32. The molecular formula is C12H10F3N3O2S. The number of nitrogens with one attached hydrogen (secondary N) is 1. The molecule has 0 unspecified atom stereocenters. The van der Waals surface area contributed by atoms with Gasteiger partial charge in [-0.25, -0.2) is 4.98 Å². The number of aromatic nitrogens is 2. The van der Waals surface area contributed by atoms with E-state index in [4.69, 9.17) is 0 Å². The summed E-state index contributed by atoms with van der Waals surface area (Å²) in [5.74, 6) is 0. The van der Waals surface area contributed by atoms with Crippen LogP contribution in [0, 0.1) is 10.1 Å². The van der Waals surface area contributed by atoms with Crippen LogP contribution in [-0.4, -0.2) is 14.9 Å². The molecule has 1 aromatic carbocycles. The Kier molecular flexibility index (Phi) is 4.21. The Morgan fingerprint density at radius 3 is 2.67 bits per heavy atom. The molecule has 112 valence electrons. The molecule has 1 heterocycles. The Bertz CT molecular complexity index is 670. The lowest BCUT2D eigenvalue weighted by Crippen LogP contribution is -2.05. The summed E-state index contributed by atoms with van der Waals surface area (Å²) < 4.78 is 37.8. The number of benzene rings is 1. The number of hydrogen-bond acceptors (Lipinski definition) is 4. The molecule has 0 aliphatic heterocycles. The Morgan fingerprint density at radius 2 is 2.14 bits per heavy atom. The van der Waals surface area contributed by atoms with Crippen molar-refractivity contribution in [2.24, 2.45) is 0 Å². The fraction of sp³-hybridized carbons (Fsp3) is 0.250. The number of aromatic amines is 1. The summed E-state index contributed by atoms with van der Waals surface area (Å²) in [6, 6.07) is 2.44. The number of nitro groups is 1. The van der Waals surface area contributed by atoms with Crippen molar-refractivity contribution < 1.29 is 18.1 Å².